The Hall–Kier alpha value is -4.40. The number of rotatable bonds is 18. The van der Waals surface area contributed by atoms with E-state index in [-0.39, 0.29) is 53.0 Å². The van der Waals surface area contributed by atoms with Gasteiger partial charge in [0, 0.05) is 39.0 Å². The van der Waals surface area contributed by atoms with Crippen molar-refractivity contribution in [2.24, 2.45) is 0 Å². The van der Waals surface area contributed by atoms with Crippen molar-refractivity contribution in [1.29, 1.82) is 0 Å². The van der Waals surface area contributed by atoms with Crippen LogP contribution in [-0.2, 0) is 24.6 Å². The lowest BCUT2D eigenvalue weighted by Gasteiger charge is -2.33. The first-order valence-corrected chi connectivity index (χ1v) is 22.8. The van der Waals surface area contributed by atoms with Crippen LogP contribution in [0.3, 0.4) is 0 Å². The third-order valence-electron chi connectivity index (χ3n) is 12.2. The molecule has 2 amide bonds. The summed E-state index contributed by atoms with van der Waals surface area (Å²) in [5.41, 5.74) is 8.23. The number of hydrogen-bond acceptors (Lipinski definition) is 6. The van der Waals surface area contributed by atoms with Crippen LogP contribution >= 0.6 is 22.7 Å². The van der Waals surface area contributed by atoms with Gasteiger partial charge in [0.2, 0.25) is 0 Å². The smallest absolute Gasteiger partial charge is 0.257 e. The van der Waals surface area contributed by atoms with E-state index in [9.17, 15) is 19.2 Å². The van der Waals surface area contributed by atoms with Gasteiger partial charge in [-0.3, -0.25) is 19.2 Å². The van der Waals surface area contributed by atoms with E-state index in [1.54, 1.807) is 48.9 Å². The second-order valence-electron chi connectivity index (χ2n) is 16.3. The molecule has 2 saturated heterocycles. The van der Waals surface area contributed by atoms with Crippen LogP contribution in [0.5, 0.6) is 0 Å². The summed E-state index contributed by atoms with van der Waals surface area (Å²) in [6.45, 7) is 4.83. The van der Waals surface area contributed by atoms with Crippen LogP contribution in [0.2, 0.25) is 0 Å². The van der Waals surface area contributed by atoms with Gasteiger partial charge in [-0.1, -0.05) is 115 Å². The van der Waals surface area contributed by atoms with Gasteiger partial charge in [0.05, 0.1) is 24.2 Å². The van der Waals surface area contributed by atoms with E-state index in [2.05, 4.69) is 62.4 Å². The molecule has 8 heteroatoms. The zero-order valence-electron chi connectivity index (χ0n) is 34.1. The van der Waals surface area contributed by atoms with Gasteiger partial charge in [-0.05, 0) is 94.8 Å². The summed E-state index contributed by atoms with van der Waals surface area (Å²) in [5.74, 6) is -0.657. The van der Waals surface area contributed by atoms with Gasteiger partial charge < -0.3 is 9.80 Å². The Labute approximate surface area is 346 Å². The third kappa shape index (κ3) is 8.59. The summed E-state index contributed by atoms with van der Waals surface area (Å²) in [5, 5.41) is 0. The van der Waals surface area contributed by atoms with Crippen LogP contribution in [0.25, 0.3) is 44.2 Å². The van der Waals surface area contributed by atoms with Crippen molar-refractivity contribution >= 4 is 58.2 Å². The minimum absolute atomic E-state index is 0.121. The van der Waals surface area contributed by atoms with E-state index in [0.29, 0.717) is 0 Å². The summed E-state index contributed by atoms with van der Waals surface area (Å²) in [6, 6.07) is 22.4. The highest BCUT2D eigenvalue weighted by Crippen LogP contribution is 2.56. The van der Waals surface area contributed by atoms with Gasteiger partial charge in [-0.15, -0.1) is 22.7 Å². The molecule has 2 aromatic carbocycles. The summed E-state index contributed by atoms with van der Waals surface area (Å²) in [7, 11) is 3.35. The van der Waals surface area contributed by atoms with Crippen LogP contribution in [0.4, 0.5) is 0 Å². The fourth-order valence-electron chi connectivity index (χ4n) is 9.01. The Morgan fingerprint density at radius 2 is 0.947 bits per heavy atom. The molecule has 0 N–H and O–H groups in total. The van der Waals surface area contributed by atoms with Crippen molar-refractivity contribution in [3.8, 4) is 32.0 Å². The Balaban J connectivity index is 1.27. The number of unbranched alkanes of at least 4 members (excludes halogenated alkanes) is 10. The molecular formula is C49H56N2O4S2. The maximum Gasteiger partial charge on any atom is 0.257 e. The maximum absolute atomic E-state index is 12.7. The van der Waals surface area contributed by atoms with Crippen LogP contribution in [-0.4, -0.2) is 60.4 Å². The van der Waals surface area contributed by atoms with E-state index < -0.39 is 0 Å². The molecule has 7 rings (SSSR count). The van der Waals surface area contributed by atoms with E-state index >= 15 is 0 Å². The normalized spacial score (nSPS) is 17.5. The highest BCUT2D eigenvalue weighted by molar-refractivity contribution is 7.16. The molecule has 57 heavy (non-hydrogen) atoms. The SMILES string of the molecule is CCCCCCCCC1(CCCCCCCC)c2cc(-c3ccc(C=C4C(=O)CN(C)C4=O)s3)ccc2-c2ccc(-c3ccc(C=C4C(=O)CN(C)C4=O)s3)cc21. The van der Waals surface area contributed by atoms with Crippen molar-refractivity contribution in [2.45, 2.75) is 109 Å². The summed E-state index contributed by atoms with van der Waals surface area (Å²) in [4.78, 5) is 57.5. The second-order valence-corrected chi connectivity index (χ2v) is 18.6. The second kappa shape index (κ2) is 18.0. The quantitative estimate of drug-likeness (QED) is 0.0571. The molecule has 4 aromatic rings. The van der Waals surface area contributed by atoms with Gasteiger partial charge in [0.15, 0.2) is 11.6 Å². The van der Waals surface area contributed by atoms with Crippen LogP contribution in [0.1, 0.15) is 125 Å². The molecule has 0 bridgehead atoms. The lowest BCUT2D eigenvalue weighted by atomic mass is 9.70. The maximum atomic E-state index is 12.7. The van der Waals surface area contributed by atoms with E-state index in [0.717, 1.165) is 32.4 Å². The number of thiophene rings is 2. The molecule has 0 unspecified atom stereocenters. The fraction of sp³-hybridized carbons (Fsp3) is 0.429. The molecule has 0 radical (unpaired) electrons. The number of likely N-dealkylation sites (tertiary alicyclic amines) is 2. The molecule has 6 nitrogen and oxygen atoms in total. The lowest BCUT2D eigenvalue weighted by molar-refractivity contribution is -0.124. The molecule has 0 saturated carbocycles. The molecule has 298 valence electrons. The average molecular weight is 801 g/mol. The molecule has 2 fully saturated rings. The number of carbonyl (C=O) groups excluding carboxylic acids is 4. The van der Waals surface area contributed by atoms with Crippen molar-refractivity contribution < 1.29 is 19.2 Å². The Morgan fingerprint density at radius 1 is 0.544 bits per heavy atom. The number of fused-ring (bicyclic) bond motifs is 3. The number of Topliss-reactive ketones (excluding diaryl/α,β-unsaturated/α-hetero) is 2. The van der Waals surface area contributed by atoms with Crippen molar-refractivity contribution in [3.05, 3.63) is 92.7 Å². The highest BCUT2D eigenvalue weighted by atomic mass is 32.1. The predicted octanol–water partition coefficient (Wildman–Crippen LogP) is 11.8. The number of hydrogen-bond donors (Lipinski definition) is 0. The summed E-state index contributed by atoms with van der Waals surface area (Å²) < 4.78 is 0. The molecule has 4 heterocycles. The van der Waals surface area contributed by atoms with E-state index in [1.807, 2.05) is 12.1 Å². The minimum atomic E-state index is -0.207. The standard InChI is InChI=1S/C49H56N2O4S2/c1-5-7-9-11-13-15-25-49(26-16-14-12-10-8-6-2)41-27-33(45-23-19-35(56-45)29-39-43(52)31-50(3)47(39)54)17-21-37(41)38-22-18-34(28-42(38)49)46-24-20-36(57-46)30-40-44(53)32-51(4)48(40)55/h17-24,27-30H,5-16,25-26,31-32H2,1-4H3. The zero-order chi connectivity index (χ0) is 40.1. The topological polar surface area (TPSA) is 74.8 Å². The van der Waals surface area contributed by atoms with Crippen molar-refractivity contribution in [2.75, 3.05) is 27.2 Å². The number of nitrogens with zero attached hydrogens (tertiary/aromatic N) is 2. The monoisotopic (exact) mass is 800 g/mol. The number of likely N-dealkylation sites (N-methyl/N-ethyl adjacent to an activating group) is 2. The lowest BCUT2D eigenvalue weighted by Crippen LogP contribution is -2.25. The fourth-order valence-corrected chi connectivity index (χ4v) is 10.9. The van der Waals surface area contributed by atoms with Gasteiger partial charge >= 0.3 is 0 Å². The van der Waals surface area contributed by atoms with Gasteiger partial charge in [0.1, 0.15) is 0 Å². The number of benzene rings is 2. The largest absolute Gasteiger partial charge is 0.334 e. The molecule has 0 atom stereocenters. The first-order chi connectivity index (χ1) is 27.6. The highest BCUT2D eigenvalue weighted by Gasteiger charge is 2.43. The average Bonchev–Trinajstić information content (AvgIpc) is 4.02. The first kappa shape index (κ1) is 40.8. The van der Waals surface area contributed by atoms with E-state index in [4.69, 9.17) is 0 Å². The zero-order valence-corrected chi connectivity index (χ0v) is 35.7. The van der Waals surface area contributed by atoms with Crippen molar-refractivity contribution in [1.82, 2.24) is 9.80 Å². The Kier molecular flexibility index (Phi) is 12.9. The molecular weight excluding hydrogens is 745 g/mol. The molecule has 2 aromatic heterocycles. The van der Waals surface area contributed by atoms with E-state index in [1.165, 1.54) is 120 Å². The summed E-state index contributed by atoms with van der Waals surface area (Å²) >= 11 is 3.26. The molecule has 1 aliphatic carbocycles. The molecule has 0 spiro atoms. The Bertz CT molecular complexity index is 2060. The van der Waals surface area contributed by atoms with Crippen molar-refractivity contribution in [3.63, 3.8) is 0 Å². The van der Waals surface area contributed by atoms with Crippen LogP contribution in [0.15, 0.2) is 71.8 Å². The summed E-state index contributed by atoms with van der Waals surface area (Å²) in [6.07, 6.45) is 20.7. The van der Waals surface area contributed by atoms with Gasteiger partial charge in [0.25, 0.3) is 11.8 Å². The number of carbonyl (C=O) groups is 4. The Morgan fingerprint density at radius 3 is 1.33 bits per heavy atom. The van der Waals surface area contributed by atoms with Gasteiger partial charge in [-0.2, -0.15) is 0 Å². The van der Waals surface area contributed by atoms with Crippen LogP contribution < -0.4 is 0 Å². The molecule has 2 aliphatic heterocycles. The van der Waals surface area contributed by atoms with Gasteiger partial charge in [-0.25, -0.2) is 0 Å². The van der Waals surface area contributed by atoms with Crippen LogP contribution in [0, 0.1) is 0 Å². The predicted molar refractivity (Wildman–Crippen MR) is 237 cm³/mol. The number of ketones is 2. The number of amides is 2. The third-order valence-corrected chi connectivity index (χ3v) is 14.3. The first-order valence-electron chi connectivity index (χ1n) is 21.1. The molecule has 3 aliphatic rings. The minimum Gasteiger partial charge on any atom is -0.334 e.